The van der Waals surface area contributed by atoms with E-state index < -0.39 is 10.1 Å². The highest BCUT2D eigenvalue weighted by Gasteiger charge is 1.98. The Labute approximate surface area is 136 Å². The van der Waals surface area contributed by atoms with Crippen molar-refractivity contribution >= 4 is 10.1 Å². The first kappa shape index (κ1) is 19.2. The number of pyridine rings is 1. The van der Waals surface area contributed by atoms with Gasteiger partial charge in [-0.2, -0.15) is 0 Å². The molecule has 0 saturated carbocycles. The van der Waals surface area contributed by atoms with Crippen molar-refractivity contribution in [3.63, 3.8) is 0 Å². The molecule has 0 atom stereocenters. The third-order valence-electron chi connectivity index (χ3n) is 2.82. The monoisotopic (exact) mass is 339 g/mol. The smallest absolute Gasteiger partial charge is 0.171 e. The third kappa shape index (κ3) is 8.41. The van der Waals surface area contributed by atoms with E-state index in [9.17, 15) is 13.0 Å². The lowest BCUT2D eigenvalue weighted by Crippen LogP contribution is -2.34. The van der Waals surface area contributed by atoms with Crippen LogP contribution in [0, 0.1) is 6.92 Å². The number of aromatic nitrogens is 1. The fraction of sp³-hybridized carbons (Fsp3) is 0.312. The number of aryl methyl sites for hydroxylation is 1. The first-order chi connectivity index (χ1) is 10.9. The lowest BCUT2D eigenvalue weighted by atomic mass is 10.2. The summed E-state index contributed by atoms with van der Waals surface area (Å²) in [6, 6.07) is 11.7. The molecule has 0 aliphatic carbocycles. The minimum absolute atomic E-state index is 0.0967. The van der Waals surface area contributed by atoms with Gasteiger partial charge in [0.15, 0.2) is 18.9 Å². The van der Waals surface area contributed by atoms with Gasteiger partial charge in [-0.25, -0.2) is 13.0 Å². The van der Waals surface area contributed by atoms with Crippen LogP contribution < -0.4 is 4.57 Å². The summed E-state index contributed by atoms with van der Waals surface area (Å²) in [6.45, 7) is 3.82. The van der Waals surface area contributed by atoms with E-state index in [0.29, 0.717) is 13.2 Å². The molecule has 2 rings (SSSR count). The van der Waals surface area contributed by atoms with Crippen molar-refractivity contribution in [3.05, 3.63) is 60.4 Å². The molecule has 23 heavy (non-hydrogen) atoms. The van der Waals surface area contributed by atoms with Crippen LogP contribution in [0.15, 0.2) is 59.8 Å². The summed E-state index contributed by atoms with van der Waals surface area (Å²) < 4.78 is 38.3. The number of aliphatic hydroxyl groups is 1. The molecule has 1 N–H and O–H groups in total. The molecule has 1 aromatic heterocycles. The summed E-state index contributed by atoms with van der Waals surface area (Å²) in [5.41, 5.74) is 0.928. The molecule has 1 heterocycles. The van der Waals surface area contributed by atoms with Gasteiger partial charge in [0.1, 0.15) is 16.7 Å². The van der Waals surface area contributed by atoms with E-state index in [1.807, 2.05) is 42.1 Å². The molecule has 0 radical (unpaired) electrons. The first-order valence-corrected chi connectivity index (χ1v) is 8.49. The molecule has 0 saturated heterocycles. The second-order valence-electron chi connectivity index (χ2n) is 4.72. The third-order valence-corrected chi connectivity index (χ3v) is 3.67. The Balaban J connectivity index is 0.000000231. The second kappa shape index (κ2) is 10.1. The van der Waals surface area contributed by atoms with Gasteiger partial charge in [-0.1, -0.05) is 23.8 Å². The van der Waals surface area contributed by atoms with Crippen molar-refractivity contribution in [3.8, 4) is 0 Å². The second-order valence-corrected chi connectivity index (χ2v) is 6.10. The van der Waals surface area contributed by atoms with Crippen LogP contribution in [0.3, 0.4) is 0 Å². The maximum atomic E-state index is 10.4. The van der Waals surface area contributed by atoms with Crippen LogP contribution >= 0.6 is 0 Å². The minimum atomic E-state index is -4.27. The standard InChI is InChI=1S/C9H14NO2.C7H8O3S/c11-7-9-12-8-6-10-4-2-1-3-5-10;1-6-2-4-7(5-3-6)11(8,9)10/h1-5,11H,6-9H2;2-5H,1H3,(H,8,9,10)/q+1;/p-1. The highest BCUT2D eigenvalue weighted by molar-refractivity contribution is 7.85. The number of benzene rings is 1. The zero-order valence-electron chi connectivity index (χ0n) is 13.0. The van der Waals surface area contributed by atoms with Crippen LogP contribution in [0.4, 0.5) is 0 Å². The topological polar surface area (TPSA) is 90.5 Å². The minimum Gasteiger partial charge on any atom is -0.744 e. The number of ether oxygens (including phenoxy) is 1. The van der Waals surface area contributed by atoms with E-state index in [0.717, 1.165) is 12.1 Å². The fourth-order valence-corrected chi connectivity index (χ4v) is 2.09. The van der Waals surface area contributed by atoms with Crippen molar-refractivity contribution in [2.24, 2.45) is 0 Å². The Morgan fingerprint density at radius 2 is 1.70 bits per heavy atom. The SMILES string of the molecule is Cc1ccc(S(=O)(=O)[O-])cc1.OCCOCC[n+]1ccccc1. The molecule has 7 heteroatoms. The van der Waals surface area contributed by atoms with Crippen LogP contribution in [0.2, 0.25) is 0 Å². The summed E-state index contributed by atoms with van der Waals surface area (Å²) in [7, 11) is -4.27. The van der Waals surface area contributed by atoms with Crippen molar-refractivity contribution in [2.75, 3.05) is 19.8 Å². The van der Waals surface area contributed by atoms with Gasteiger partial charge in [0, 0.05) is 12.1 Å². The Morgan fingerprint density at radius 1 is 1.09 bits per heavy atom. The Kier molecular flexibility index (Phi) is 8.42. The molecule has 1 aromatic carbocycles. The number of aliphatic hydroxyl groups excluding tert-OH is 1. The van der Waals surface area contributed by atoms with Crippen LogP contribution in [0.25, 0.3) is 0 Å². The highest BCUT2D eigenvalue weighted by atomic mass is 32.2. The van der Waals surface area contributed by atoms with Crippen molar-refractivity contribution in [1.29, 1.82) is 0 Å². The van der Waals surface area contributed by atoms with Gasteiger partial charge in [-0.15, -0.1) is 0 Å². The van der Waals surface area contributed by atoms with Gasteiger partial charge in [0.05, 0.1) is 18.1 Å². The van der Waals surface area contributed by atoms with E-state index in [4.69, 9.17) is 9.84 Å². The average molecular weight is 339 g/mol. The largest absolute Gasteiger partial charge is 0.744 e. The maximum absolute atomic E-state index is 10.4. The molecular weight excluding hydrogens is 318 g/mol. The van der Waals surface area contributed by atoms with Gasteiger partial charge in [0.2, 0.25) is 0 Å². The molecule has 0 amide bonds. The fourth-order valence-electron chi connectivity index (χ4n) is 1.62. The Morgan fingerprint density at radius 3 is 2.22 bits per heavy atom. The quantitative estimate of drug-likeness (QED) is 0.479. The Bertz CT molecular complexity index is 657. The van der Waals surface area contributed by atoms with Crippen LogP contribution in [-0.2, 0) is 21.4 Å². The molecule has 2 aromatic rings. The number of hydrogen-bond donors (Lipinski definition) is 1. The summed E-state index contributed by atoms with van der Waals surface area (Å²) in [6.07, 6.45) is 3.98. The van der Waals surface area contributed by atoms with E-state index in [-0.39, 0.29) is 11.5 Å². The van der Waals surface area contributed by atoms with Crippen LogP contribution in [0.1, 0.15) is 5.56 Å². The van der Waals surface area contributed by atoms with Gasteiger partial charge in [-0.3, -0.25) is 0 Å². The summed E-state index contributed by atoms with van der Waals surface area (Å²) >= 11 is 0. The lowest BCUT2D eigenvalue weighted by molar-refractivity contribution is -0.698. The zero-order valence-corrected chi connectivity index (χ0v) is 13.8. The van der Waals surface area contributed by atoms with Gasteiger partial charge in [0.25, 0.3) is 0 Å². The maximum Gasteiger partial charge on any atom is 0.171 e. The first-order valence-electron chi connectivity index (χ1n) is 7.09. The summed E-state index contributed by atoms with van der Waals surface area (Å²) in [5.74, 6) is 0. The molecule has 126 valence electrons. The van der Waals surface area contributed by atoms with Gasteiger partial charge >= 0.3 is 0 Å². The molecule has 0 bridgehead atoms. The van der Waals surface area contributed by atoms with E-state index in [2.05, 4.69) is 0 Å². The number of hydrogen-bond acceptors (Lipinski definition) is 5. The van der Waals surface area contributed by atoms with E-state index in [1.165, 1.54) is 12.1 Å². The molecule has 0 aliphatic rings. The van der Waals surface area contributed by atoms with Crippen molar-refractivity contribution in [1.82, 2.24) is 0 Å². The molecule has 0 aliphatic heterocycles. The zero-order chi connectivity index (χ0) is 17.1. The summed E-state index contributed by atoms with van der Waals surface area (Å²) in [4.78, 5) is -0.178. The molecule has 0 unspecified atom stereocenters. The molecular formula is C16H21NO5S. The normalized spacial score (nSPS) is 10.7. The van der Waals surface area contributed by atoms with Crippen molar-refractivity contribution < 1.29 is 27.4 Å². The van der Waals surface area contributed by atoms with Crippen LogP contribution in [0.5, 0.6) is 0 Å². The number of nitrogens with zero attached hydrogens (tertiary/aromatic N) is 1. The van der Waals surface area contributed by atoms with Gasteiger partial charge < -0.3 is 14.4 Å². The van der Waals surface area contributed by atoms with E-state index in [1.54, 1.807) is 12.1 Å². The molecule has 0 spiro atoms. The Hall–Kier alpha value is -1.80. The van der Waals surface area contributed by atoms with E-state index >= 15 is 0 Å². The lowest BCUT2D eigenvalue weighted by Gasteiger charge is -2.05. The average Bonchev–Trinajstić information content (AvgIpc) is 2.53. The number of rotatable bonds is 6. The van der Waals surface area contributed by atoms with Crippen LogP contribution in [-0.4, -0.2) is 37.9 Å². The predicted molar refractivity (Wildman–Crippen MR) is 83.7 cm³/mol. The summed E-state index contributed by atoms with van der Waals surface area (Å²) in [5, 5.41) is 8.43. The van der Waals surface area contributed by atoms with Crippen molar-refractivity contribution in [2.45, 2.75) is 18.4 Å². The molecule has 6 nitrogen and oxygen atoms in total. The molecule has 0 fully saturated rings. The predicted octanol–water partition coefficient (Wildman–Crippen LogP) is 0.882. The highest BCUT2D eigenvalue weighted by Crippen LogP contribution is 2.08. The van der Waals surface area contributed by atoms with Gasteiger partial charge in [-0.05, 0) is 19.1 Å².